The number of hydrogen-bond donors (Lipinski definition) is 1. The maximum Gasteiger partial charge on any atom is 0.146 e. The van der Waals surface area contributed by atoms with Crippen molar-refractivity contribution in [3.8, 4) is 0 Å². The molecule has 0 spiro atoms. The zero-order valence-corrected chi connectivity index (χ0v) is 8.35. The predicted octanol–water partition coefficient (Wildman–Crippen LogP) is 0.815. The number of aliphatic hydroxyl groups is 1. The minimum Gasteiger partial charge on any atom is -0.390 e. The van der Waals surface area contributed by atoms with Crippen LogP contribution in [0.5, 0.6) is 0 Å². The van der Waals surface area contributed by atoms with Gasteiger partial charge in [-0.15, -0.1) is 0 Å². The van der Waals surface area contributed by atoms with Gasteiger partial charge in [0.2, 0.25) is 0 Å². The first-order valence-corrected chi connectivity index (χ1v) is 4.92. The molecule has 1 aliphatic rings. The fourth-order valence-corrected chi connectivity index (χ4v) is 1.41. The van der Waals surface area contributed by atoms with Crippen LogP contribution < -0.4 is 4.90 Å². The van der Waals surface area contributed by atoms with Gasteiger partial charge in [-0.2, -0.15) is 0 Å². The number of aromatic nitrogens is 2. The quantitative estimate of drug-likeness (QED) is 0.769. The van der Waals surface area contributed by atoms with Gasteiger partial charge in [-0.1, -0.05) is 0 Å². The van der Waals surface area contributed by atoms with E-state index in [0.717, 1.165) is 18.3 Å². The SMILES string of the molecule is CN(CC1CC1)c1cnc(CO)cn1. The second-order valence-electron chi connectivity index (χ2n) is 3.85. The average molecular weight is 193 g/mol. The molecule has 1 aromatic rings. The van der Waals surface area contributed by atoms with Gasteiger partial charge in [-0.3, -0.25) is 4.98 Å². The van der Waals surface area contributed by atoms with Crippen LogP contribution in [0.2, 0.25) is 0 Å². The summed E-state index contributed by atoms with van der Waals surface area (Å²) in [5, 5.41) is 8.81. The van der Waals surface area contributed by atoms with Crippen molar-refractivity contribution in [2.45, 2.75) is 19.4 Å². The standard InChI is InChI=1S/C10H15N3O/c1-13(6-8-2-3-8)10-5-11-9(7-14)4-12-10/h4-5,8,14H,2-3,6-7H2,1H3. The van der Waals surface area contributed by atoms with Gasteiger partial charge in [-0.05, 0) is 18.8 Å². The summed E-state index contributed by atoms with van der Waals surface area (Å²) >= 11 is 0. The third-order valence-electron chi connectivity index (χ3n) is 2.47. The molecule has 0 unspecified atom stereocenters. The Morgan fingerprint density at radius 3 is 2.71 bits per heavy atom. The van der Waals surface area contributed by atoms with Crippen LogP contribution in [0.1, 0.15) is 18.5 Å². The van der Waals surface area contributed by atoms with E-state index in [1.807, 2.05) is 7.05 Å². The first-order chi connectivity index (χ1) is 6.79. The maximum atomic E-state index is 8.81. The number of nitrogens with zero attached hydrogens (tertiary/aromatic N) is 3. The Hall–Kier alpha value is -1.16. The Morgan fingerprint density at radius 2 is 2.21 bits per heavy atom. The van der Waals surface area contributed by atoms with Gasteiger partial charge >= 0.3 is 0 Å². The van der Waals surface area contributed by atoms with Crippen LogP contribution in [0.25, 0.3) is 0 Å². The van der Waals surface area contributed by atoms with Crippen LogP contribution in [0.4, 0.5) is 5.82 Å². The van der Waals surface area contributed by atoms with Gasteiger partial charge in [-0.25, -0.2) is 4.98 Å². The molecule has 0 radical (unpaired) electrons. The van der Waals surface area contributed by atoms with Crippen LogP contribution >= 0.6 is 0 Å². The average Bonchev–Trinajstić information content (AvgIpc) is 3.02. The first-order valence-electron chi connectivity index (χ1n) is 4.92. The molecule has 0 aliphatic heterocycles. The molecule has 0 bridgehead atoms. The van der Waals surface area contributed by atoms with E-state index in [2.05, 4.69) is 14.9 Å². The van der Waals surface area contributed by atoms with Gasteiger partial charge in [0, 0.05) is 13.6 Å². The molecule has 2 rings (SSSR count). The lowest BCUT2D eigenvalue weighted by Crippen LogP contribution is -2.21. The summed E-state index contributed by atoms with van der Waals surface area (Å²) in [6, 6.07) is 0. The molecule has 1 aromatic heterocycles. The van der Waals surface area contributed by atoms with Crippen molar-refractivity contribution in [1.29, 1.82) is 0 Å². The van der Waals surface area contributed by atoms with Crippen molar-refractivity contribution < 1.29 is 5.11 Å². The van der Waals surface area contributed by atoms with E-state index >= 15 is 0 Å². The Morgan fingerprint density at radius 1 is 1.43 bits per heavy atom. The maximum absolute atomic E-state index is 8.81. The van der Waals surface area contributed by atoms with Gasteiger partial charge in [0.15, 0.2) is 0 Å². The second kappa shape index (κ2) is 3.92. The normalized spacial score (nSPS) is 15.6. The minimum absolute atomic E-state index is 0.0420. The van der Waals surface area contributed by atoms with Crippen molar-refractivity contribution in [2.75, 3.05) is 18.5 Å². The summed E-state index contributed by atoms with van der Waals surface area (Å²) in [4.78, 5) is 10.4. The van der Waals surface area contributed by atoms with Crippen LogP contribution in [0.3, 0.4) is 0 Å². The highest BCUT2D eigenvalue weighted by atomic mass is 16.3. The molecular weight excluding hydrogens is 178 g/mol. The zero-order chi connectivity index (χ0) is 9.97. The summed E-state index contributed by atoms with van der Waals surface area (Å²) in [6.45, 7) is 1.02. The van der Waals surface area contributed by atoms with Gasteiger partial charge in [0.05, 0.1) is 24.7 Å². The Bertz CT molecular complexity index is 295. The van der Waals surface area contributed by atoms with Crippen LogP contribution in [0, 0.1) is 5.92 Å². The van der Waals surface area contributed by atoms with Crippen LogP contribution in [0.15, 0.2) is 12.4 Å². The molecule has 1 heterocycles. The molecule has 4 nitrogen and oxygen atoms in total. The van der Waals surface area contributed by atoms with Crippen LogP contribution in [-0.2, 0) is 6.61 Å². The Kier molecular flexibility index (Phi) is 2.63. The minimum atomic E-state index is -0.0420. The van der Waals surface area contributed by atoms with E-state index in [1.165, 1.54) is 12.8 Å². The van der Waals surface area contributed by atoms with Crippen molar-refractivity contribution in [1.82, 2.24) is 9.97 Å². The van der Waals surface area contributed by atoms with Crippen LogP contribution in [-0.4, -0.2) is 28.7 Å². The fraction of sp³-hybridized carbons (Fsp3) is 0.600. The molecule has 0 saturated heterocycles. The molecule has 4 heteroatoms. The topological polar surface area (TPSA) is 49.2 Å². The molecule has 0 amide bonds. The zero-order valence-electron chi connectivity index (χ0n) is 8.35. The largest absolute Gasteiger partial charge is 0.390 e. The highest BCUT2D eigenvalue weighted by Crippen LogP contribution is 2.30. The summed E-state index contributed by atoms with van der Waals surface area (Å²) in [6.07, 6.45) is 6.02. The van der Waals surface area contributed by atoms with E-state index in [9.17, 15) is 0 Å². The van der Waals surface area contributed by atoms with Gasteiger partial charge in [0.1, 0.15) is 5.82 Å². The lowest BCUT2D eigenvalue weighted by atomic mass is 10.4. The summed E-state index contributed by atoms with van der Waals surface area (Å²) in [7, 11) is 2.03. The molecule has 1 saturated carbocycles. The molecule has 0 atom stereocenters. The summed E-state index contributed by atoms with van der Waals surface area (Å²) in [5.74, 6) is 1.73. The lowest BCUT2D eigenvalue weighted by Gasteiger charge is -2.16. The number of anilines is 1. The van der Waals surface area contributed by atoms with Crippen molar-refractivity contribution in [2.24, 2.45) is 5.92 Å². The monoisotopic (exact) mass is 193 g/mol. The van der Waals surface area contributed by atoms with E-state index < -0.39 is 0 Å². The molecule has 1 N–H and O–H groups in total. The van der Waals surface area contributed by atoms with E-state index in [4.69, 9.17) is 5.11 Å². The third-order valence-corrected chi connectivity index (χ3v) is 2.47. The predicted molar refractivity (Wildman–Crippen MR) is 53.9 cm³/mol. The smallest absolute Gasteiger partial charge is 0.146 e. The lowest BCUT2D eigenvalue weighted by molar-refractivity contribution is 0.276. The number of aliphatic hydroxyl groups excluding tert-OH is 1. The number of rotatable bonds is 4. The molecule has 14 heavy (non-hydrogen) atoms. The van der Waals surface area contributed by atoms with E-state index in [1.54, 1.807) is 12.4 Å². The molecular formula is C10H15N3O. The number of hydrogen-bond acceptors (Lipinski definition) is 4. The third kappa shape index (κ3) is 2.20. The summed E-state index contributed by atoms with van der Waals surface area (Å²) < 4.78 is 0. The van der Waals surface area contributed by atoms with E-state index in [-0.39, 0.29) is 6.61 Å². The van der Waals surface area contributed by atoms with Crippen molar-refractivity contribution >= 4 is 5.82 Å². The molecule has 0 aromatic carbocycles. The highest BCUT2D eigenvalue weighted by molar-refractivity contribution is 5.34. The molecule has 1 fully saturated rings. The van der Waals surface area contributed by atoms with Gasteiger partial charge < -0.3 is 10.0 Å². The first kappa shape index (κ1) is 9.40. The molecule has 1 aliphatic carbocycles. The fourth-order valence-electron chi connectivity index (χ4n) is 1.41. The summed E-state index contributed by atoms with van der Waals surface area (Å²) in [5.41, 5.74) is 0.619. The second-order valence-corrected chi connectivity index (χ2v) is 3.85. The van der Waals surface area contributed by atoms with Crippen molar-refractivity contribution in [3.05, 3.63) is 18.1 Å². The van der Waals surface area contributed by atoms with E-state index in [0.29, 0.717) is 5.69 Å². The molecule has 76 valence electrons. The van der Waals surface area contributed by atoms with Gasteiger partial charge in [0.25, 0.3) is 0 Å². The Balaban J connectivity index is 1.99. The van der Waals surface area contributed by atoms with Crippen molar-refractivity contribution in [3.63, 3.8) is 0 Å². The highest BCUT2D eigenvalue weighted by Gasteiger charge is 2.23. The Labute approximate surface area is 83.6 Å².